The second kappa shape index (κ2) is 6.70. The van der Waals surface area contributed by atoms with Gasteiger partial charge >= 0.3 is 0 Å². The fraction of sp³-hybridized carbons (Fsp3) is 0.200. The van der Waals surface area contributed by atoms with E-state index in [1.165, 1.54) is 12.1 Å². The Morgan fingerprint density at radius 2 is 2.07 bits per heavy atom. The molecule has 1 aliphatic heterocycles. The number of aromatic nitrogens is 2. The number of hydrogen-bond donors (Lipinski definition) is 2. The van der Waals surface area contributed by atoms with Crippen LogP contribution in [0.25, 0.3) is 11.3 Å². The van der Waals surface area contributed by atoms with Gasteiger partial charge in [-0.1, -0.05) is 36.7 Å². The van der Waals surface area contributed by atoms with Crippen molar-refractivity contribution in [1.29, 1.82) is 0 Å². The first-order valence-corrected chi connectivity index (χ1v) is 9.03. The van der Waals surface area contributed by atoms with Crippen molar-refractivity contribution in [2.24, 2.45) is 0 Å². The summed E-state index contributed by atoms with van der Waals surface area (Å²) >= 11 is 6.08. The van der Waals surface area contributed by atoms with E-state index in [-0.39, 0.29) is 11.7 Å². The van der Waals surface area contributed by atoms with Crippen LogP contribution in [0.2, 0.25) is 5.02 Å². The first-order valence-electron chi connectivity index (χ1n) is 8.65. The van der Waals surface area contributed by atoms with Gasteiger partial charge in [0.1, 0.15) is 23.0 Å². The number of amides is 1. The van der Waals surface area contributed by atoms with E-state index in [9.17, 15) is 14.3 Å². The standard InChI is InChI=1S/C20H17ClFN3O2/c1-2-9-25-19(12-5-3-4-6-14(12)22)16-17(23-24-18(16)20(25)27)13-10-11(21)7-8-15(13)26/h3-8,10,19,26H,2,9H2,1H3,(H,23,24). The van der Waals surface area contributed by atoms with Crippen molar-refractivity contribution in [2.45, 2.75) is 19.4 Å². The van der Waals surface area contributed by atoms with Crippen molar-refractivity contribution >= 4 is 17.5 Å². The number of benzene rings is 2. The van der Waals surface area contributed by atoms with E-state index in [4.69, 9.17) is 11.6 Å². The number of rotatable bonds is 4. The molecule has 0 saturated heterocycles. The molecule has 0 bridgehead atoms. The van der Waals surface area contributed by atoms with Crippen molar-refractivity contribution in [2.75, 3.05) is 6.54 Å². The molecule has 0 aliphatic carbocycles. The molecule has 1 amide bonds. The largest absolute Gasteiger partial charge is 0.507 e. The highest BCUT2D eigenvalue weighted by Crippen LogP contribution is 2.45. The molecule has 1 aromatic heterocycles. The van der Waals surface area contributed by atoms with Crippen LogP contribution in [0.15, 0.2) is 42.5 Å². The third-order valence-electron chi connectivity index (χ3n) is 4.74. The van der Waals surface area contributed by atoms with Gasteiger partial charge < -0.3 is 10.0 Å². The molecule has 138 valence electrons. The Morgan fingerprint density at radius 1 is 1.30 bits per heavy atom. The second-order valence-corrected chi connectivity index (χ2v) is 6.88. The highest BCUT2D eigenvalue weighted by molar-refractivity contribution is 6.31. The van der Waals surface area contributed by atoms with Gasteiger partial charge in [-0.25, -0.2) is 4.39 Å². The minimum atomic E-state index is -0.624. The average Bonchev–Trinajstić information content (AvgIpc) is 3.18. The lowest BCUT2D eigenvalue weighted by Gasteiger charge is -2.26. The summed E-state index contributed by atoms with van der Waals surface area (Å²) in [5, 5.41) is 17.7. The van der Waals surface area contributed by atoms with Crippen LogP contribution in [-0.2, 0) is 0 Å². The van der Waals surface area contributed by atoms with Gasteiger partial charge in [-0.2, -0.15) is 5.10 Å². The van der Waals surface area contributed by atoms with E-state index in [1.54, 1.807) is 35.2 Å². The fourth-order valence-electron chi connectivity index (χ4n) is 3.59. The maximum absolute atomic E-state index is 14.6. The van der Waals surface area contributed by atoms with Crippen LogP contribution >= 0.6 is 11.6 Å². The molecule has 3 aromatic rings. The number of carbonyl (C=O) groups is 1. The Labute approximate surface area is 160 Å². The molecule has 2 aromatic carbocycles. The zero-order valence-corrected chi connectivity index (χ0v) is 15.3. The van der Waals surface area contributed by atoms with E-state index in [1.807, 2.05) is 6.92 Å². The number of nitrogens with zero attached hydrogens (tertiary/aromatic N) is 2. The molecule has 0 saturated carbocycles. The SMILES string of the molecule is CCCN1C(=O)c2[nH]nc(-c3cc(Cl)ccc3O)c2C1c1ccccc1F. The van der Waals surface area contributed by atoms with Gasteiger partial charge in [-0.15, -0.1) is 0 Å². The normalized spacial score (nSPS) is 16.0. The van der Waals surface area contributed by atoms with Crippen molar-refractivity contribution in [3.8, 4) is 17.0 Å². The summed E-state index contributed by atoms with van der Waals surface area (Å²) in [7, 11) is 0. The lowest BCUT2D eigenvalue weighted by atomic mass is 9.95. The third kappa shape index (κ3) is 2.77. The molecule has 4 rings (SSSR count). The molecule has 1 atom stereocenters. The van der Waals surface area contributed by atoms with Gasteiger partial charge in [0.05, 0.1) is 6.04 Å². The molecular formula is C20H17ClFN3O2. The zero-order chi connectivity index (χ0) is 19.1. The number of H-pyrrole nitrogens is 1. The van der Waals surface area contributed by atoms with Crippen LogP contribution in [0, 0.1) is 5.82 Å². The van der Waals surface area contributed by atoms with E-state index >= 15 is 0 Å². The monoisotopic (exact) mass is 385 g/mol. The molecule has 0 radical (unpaired) electrons. The quantitative estimate of drug-likeness (QED) is 0.693. The fourth-order valence-corrected chi connectivity index (χ4v) is 3.76. The van der Waals surface area contributed by atoms with Crippen LogP contribution in [0.1, 0.15) is 41.0 Å². The average molecular weight is 386 g/mol. The first kappa shape index (κ1) is 17.5. The highest BCUT2D eigenvalue weighted by Gasteiger charge is 2.43. The number of phenolic OH excluding ortho intramolecular Hbond substituents is 1. The van der Waals surface area contributed by atoms with Gasteiger partial charge in [0.25, 0.3) is 5.91 Å². The Bertz CT molecular complexity index is 1030. The van der Waals surface area contributed by atoms with E-state index < -0.39 is 11.9 Å². The van der Waals surface area contributed by atoms with E-state index in [0.717, 1.165) is 6.42 Å². The topological polar surface area (TPSA) is 69.2 Å². The van der Waals surface area contributed by atoms with Gasteiger partial charge in [0.15, 0.2) is 0 Å². The summed E-state index contributed by atoms with van der Waals surface area (Å²) in [6.07, 6.45) is 0.728. The smallest absolute Gasteiger partial charge is 0.273 e. The van der Waals surface area contributed by atoms with Crippen LogP contribution in [0.5, 0.6) is 5.75 Å². The van der Waals surface area contributed by atoms with Gasteiger partial charge in [-0.3, -0.25) is 9.89 Å². The molecule has 5 nitrogen and oxygen atoms in total. The third-order valence-corrected chi connectivity index (χ3v) is 4.98. The first-order chi connectivity index (χ1) is 13.0. The predicted molar refractivity (Wildman–Crippen MR) is 100 cm³/mol. The molecule has 7 heteroatoms. The van der Waals surface area contributed by atoms with Gasteiger partial charge in [0.2, 0.25) is 0 Å². The number of carbonyl (C=O) groups excluding carboxylic acids is 1. The molecular weight excluding hydrogens is 369 g/mol. The van der Waals surface area contributed by atoms with Crippen LogP contribution < -0.4 is 0 Å². The molecule has 27 heavy (non-hydrogen) atoms. The van der Waals surface area contributed by atoms with Gasteiger partial charge in [-0.05, 0) is 30.7 Å². The summed E-state index contributed by atoms with van der Waals surface area (Å²) in [6.45, 7) is 2.43. The number of fused-ring (bicyclic) bond motifs is 1. The summed E-state index contributed by atoms with van der Waals surface area (Å²) in [6, 6.07) is 10.4. The second-order valence-electron chi connectivity index (χ2n) is 6.44. The molecule has 1 aliphatic rings. The van der Waals surface area contributed by atoms with E-state index in [2.05, 4.69) is 10.2 Å². The lowest BCUT2D eigenvalue weighted by Crippen LogP contribution is -2.30. The number of hydrogen-bond acceptors (Lipinski definition) is 3. The molecule has 2 heterocycles. The zero-order valence-electron chi connectivity index (χ0n) is 14.5. The molecule has 0 fully saturated rings. The summed E-state index contributed by atoms with van der Waals surface area (Å²) in [5.41, 5.74) is 2.04. The number of aromatic hydroxyl groups is 1. The highest BCUT2D eigenvalue weighted by atomic mass is 35.5. The number of aromatic amines is 1. The minimum absolute atomic E-state index is 0.0117. The lowest BCUT2D eigenvalue weighted by molar-refractivity contribution is 0.0742. The summed E-state index contributed by atoms with van der Waals surface area (Å²) in [4.78, 5) is 14.6. The minimum Gasteiger partial charge on any atom is -0.507 e. The van der Waals surface area contributed by atoms with Crippen LogP contribution in [0.3, 0.4) is 0 Å². The Morgan fingerprint density at radius 3 is 2.81 bits per heavy atom. The Kier molecular flexibility index (Phi) is 4.36. The van der Waals surface area contributed by atoms with Crippen LogP contribution in [0.4, 0.5) is 4.39 Å². The summed E-state index contributed by atoms with van der Waals surface area (Å²) in [5.74, 6) is -0.644. The van der Waals surface area contributed by atoms with Crippen molar-refractivity contribution < 1.29 is 14.3 Å². The molecule has 2 N–H and O–H groups in total. The van der Waals surface area contributed by atoms with Crippen LogP contribution in [-0.4, -0.2) is 32.7 Å². The van der Waals surface area contributed by atoms with Gasteiger partial charge in [0, 0.05) is 28.3 Å². The molecule has 1 unspecified atom stereocenters. The maximum atomic E-state index is 14.6. The predicted octanol–water partition coefficient (Wildman–Crippen LogP) is 4.53. The number of nitrogens with one attached hydrogen (secondary N) is 1. The van der Waals surface area contributed by atoms with E-state index in [0.29, 0.717) is 39.6 Å². The van der Waals surface area contributed by atoms with Crippen molar-refractivity contribution in [3.63, 3.8) is 0 Å². The maximum Gasteiger partial charge on any atom is 0.273 e. The Balaban J connectivity index is 1.96. The Hall–Kier alpha value is -2.86. The van der Waals surface area contributed by atoms with Crippen molar-refractivity contribution in [1.82, 2.24) is 15.1 Å². The number of phenols is 1. The molecule has 0 spiro atoms. The summed E-state index contributed by atoms with van der Waals surface area (Å²) < 4.78 is 14.6. The number of halogens is 2. The van der Waals surface area contributed by atoms with Crippen molar-refractivity contribution in [3.05, 3.63) is 70.1 Å².